The lowest BCUT2D eigenvalue weighted by Crippen LogP contribution is -2.15. The van der Waals surface area contributed by atoms with E-state index in [9.17, 15) is 0 Å². The zero-order chi connectivity index (χ0) is 15.0. The van der Waals surface area contributed by atoms with Crippen LogP contribution in [-0.4, -0.2) is 8.67 Å². The van der Waals surface area contributed by atoms with Crippen molar-refractivity contribution in [3.8, 4) is 0 Å². The van der Waals surface area contributed by atoms with E-state index >= 15 is 0 Å². The largest absolute Gasteiger partial charge is 0.128 e. The van der Waals surface area contributed by atoms with E-state index in [0.717, 1.165) is 19.3 Å². The van der Waals surface area contributed by atoms with Crippen molar-refractivity contribution in [1.82, 2.24) is 0 Å². The van der Waals surface area contributed by atoms with E-state index in [4.69, 9.17) is 46.4 Å². The van der Waals surface area contributed by atoms with Crippen LogP contribution in [0.3, 0.4) is 0 Å². The van der Waals surface area contributed by atoms with Crippen LogP contribution in [0, 0.1) is 0 Å². The SMILES string of the molecule is CCc1cc(C2(C)CC2(Cl)Cl)ccc1C1(C)CC1(Cl)Cl. The Labute approximate surface area is 140 Å². The van der Waals surface area contributed by atoms with Gasteiger partial charge in [-0.25, -0.2) is 0 Å². The number of halogens is 4. The molecule has 2 saturated carbocycles. The summed E-state index contributed by atoms with van der Waals surface area (Å²) >= 11 is 25.2. The number of hydrogen-bond acceptors (Lipinski definition) is 0. The molecule has 0 spiro atoms. The topological polar surface area (TPSA) is 0 Å². The van der Waals surface area contributed by atoms with Crippen LogP contribution < -0.4 is 0 Å². The van der Waals surface area contributed by atoms with E-state index in [1.54, 1.807) is 0 Å². The van der Waals surface area contributed by atoms with E-state index < -0.39 is 8.67 Å². The highest BCUT2D eigenvalue weighted by Crippen LogP contribution is 2.67. The molecule has 0 bridgehead atoms. The first-order valence-electron chi connectivity index (χ1n) is 6.97. The molecule has 0 saturated heterocycles. The van der Waals surface area contributed by atoms with Crippen LogP contribution in [0.5, 0.6) is 0 Å². The van der Waals surface area contributed by atoms with E-state index in [0.29, 0.717) is 0 Å². The average molecular weight is 352 g/mol. The van der Waals surface area contributed by atoms with Crippen molar-refractivity contribution in [2.45, 2.75) is 59.5 Å². The van der Waals surface area contributed by atoms with Gasteiger partial charge < -0.3 is 0 Å². The smallest absolute Gasteiger partial charge is 0.101 e. The lowest BCUT2D eigenvalue weighted by molar-refractivity contribution is 0.741. The van der Waals surface area contributed by atoms with Crippen LogP contribution in [0.15, 0.2) is 18.2 Å². The fourth-order valence-electron chi connectivity index (χ4n) is 3.17. The molecular weight excluding hydrogens is 334 g/mol. The van der Waals surface area contributed by atoms with Crippen molar-refractivity contribution >= 4 is 46.4 Å². The summed E-state index contributed by atoms with van der Waals surface area (Å²) in [5.41, 5.74) is 3.49. The van der Waals surface area contributed by atoms with Crippen molar-refractivity contribution in [2.24, 2.45) is 0 Å². The van der Waals surface area contributed by atoms with E-state index in [1.165, 1.54) is 16.7 Å². The monoisotopic (exact) mass is 350 g/mol. The molecule has 20 heavy (non-hydrogen) atoms. The summed E-state index contributed by atoms with van der Waals surface area (Å²) in [6.45, 7) is 6.41. The summed E-state index contributed by atoms with van der Waals surface area (Å²) in [6, 6.07) is 6.53. The Balaban J connectivity index is 2.01. The molecule has 2 unspecified atom stereocenters. The molecule has 1 aromatic rings. The number of alkyl halides is 4. The minimum atomic E-state index is -0.634. The molecule has 0 nitrogen and oxygen atoms in total. The zero-order valence-electron chi connectivity index (χ0n) is 11.9. The predicted molar refractivity (Wildman–Crippen MR) is 88.6 cm³/mol. The summed E-state index contributed by atoms with van der Waals surface area (Å²) < 4.78 is -1.27. The van der Waals surface area contributed by atoms with Crippen LogP contribution >= 0.6 is 46.4 Å². The zero-order valence-corrected chi connectivity index (χ0v) is 14.9. The second kappa shape index (κ2) is 4.22. The molecule has 2 aliphatic rings. The van der Waals surface area contributed by atoms with E-state index in [1.807, 2.05) is 0 Å². The molecule has 2 atom stereocenters. The molecular formula is C16H18Cl4. The van der Waals surface area contributed by atoms with Gasteiger partial charge in [0.2, 0.25) is 0 Å². The van der Waals surface area contributed by atoms with Gasteiger partial charge in [0.25, 0.3) is 0 Å². The average Bonchev–Trinajstić information content (AvgIpc) is 3.08. The van der Waals surface area contributed by atoms with Crippen molar-refractivity contribution < 1.29 is 0 Å². The number of hydrogen-bond donors (Lipinski definition) is 0. The predicted octanol–water partition coefficient (Wildman–Crippen LogP) is 5.92. The molecule has 4 heteroatoms. The molecule has 110 valence electrons. The molecule has 0 N–H and O–H groups in total. The summed E-state index contributed by atoms with van der Waals surface area (Å²) in [4.78, 5) is 0. The van der Waals surface area contributed by atoms with Crippen molar-refractivity contribution in [3.05, 3.63) is 34.9 Å². The molecule has 0 radical (unpaired) electrons. The van der Waals surface area contributed by atoms with Gasteiger partial charge in [-0.1, -0.05) is 39.0 Å². The second-order valence-electron chi connectivity index (χ2n) is 6.65. The number of aryl methyl sites for hydroxylation is 1. The van der Waals surface area contributed by atoms with Gasteiger partial charge in [-0.05, 0) is 36.0 Å². The molecule has 0 aromatic heterocycles. The van der Waals surface area contributed by atoms with Crippen molar-refractivity contribution in [1.29, 1.82) is 0 Å². The van der Waals surface area contributed by atoms with Crippen molar-refractivity contribution in [3.63, 3.8) is 0 Å². The minimum Gasteiger partial charge on any atom is -0.101 e. The first-order valence-corrected chi connectivity index (χ1v) is 8.48. The Morgan fingerprint density at radius 3 is 1.85 bits per heavy atom. The fraction of sp³-hybridized carbons (Fsp3) is 0.625. The van der Waals surface area contributed by atoms with Gasteiger partial charge in [-0.2, -0.15) is 0 Å². The lowest BCUT2D eigenvalue weighted by atomic mass is 9.87. The quantitative estimate of drug-likeness (QED) is 0.593. The molecule has 0 heterocycles. The molecule has 3 rings (SSSR count). The molecule has 0 aliphatic heterocycles. The normalized spacial score (nSPS) is 36.8. The third-order valence-corrected chi connectivity index (χ3v) is 7.44. The van der Waals surface area contributed by atoms with Crippen LogP contribution in [0.4, 0.5) is 0 Å². The second-order valence-corrected chi connectivity index (χ2v) is 9.62. The maximum atomic E-state index is 6.32. The molecule has 1 aromatic carbocycles. The van der Waals surface area contributed by atoms with E-state index in [2.05, 4.69) is 39.0 Å². The molecule has 2 aliphatic carbocycles. The Morgan fingerprint density at radius 2 is 1.45 bits per heavy atom. The summed E-state index contributed by atoms with van der Waals surface area (Å²) in [5.74, 6) is 0. The van der Waals surface area contributed by atoms with Gasteiger partial charge in [-0.3, -0.25) is 0 Å². The van der Waals surface area contributed by atoms with Gasteiger partial charge >= 0.3 is 0 Å². The number of rotatable bonds is 3. The van der Waals surface area contributed by atoms with Gasteiger partial charge in [-0.15, -0.1) is 46.4 Å². The Kier molecular flexibility index (Phi) is 3.23. The Morgan fingerprint density at radius 1 is 0.950 bits per heavy atom. The Bertz CT molecular complexity index is 578. The van der Waals surface area contributed by atoms with Gasteiger partial charge in [0.05, 0.1) is 0 Å². The molecule has 2 fully saturated rings. The lowest BCUT2D eigenvalue weighted by Gasteiger charge is -2.20. The van der Waals surface area contributed by atoms with Crippen LogP contribution in [0.1, 0.15) is 50.3 Å². The first-order chi connectivity index (χ1) is 9.07. The van der Waals surface area contributed by atoms with Gasteiger partial charge in [0, 0.05) is 10.8 Å². The van der Waals surface area contributed by atoms with Gasteiger partial charge in [0.15, 0.2) is 0 Å². The Hall–Kier alpha value is 0.380. The summed E-state index contributed by atoms with van der Waals surface area (Å²) in [6.07, 6.45) is 2.57. The highest BCUT2D eigenvalue weighted by molar-refractivity contribution is 6.52. The summed E-state index contributed by atoms with van der Waals surface area (Å²) in [5, 5.41) is 0. The third kappa shape index (κ3) is 1.95. The van der Waals surface area contributed by atoms with Crippen LogP contribution in [0.25, 0.3) is 0 Å². The minimum absolute atomic E-state index is 0.135. The number of benzene rings is 1. The van der Waals surface area contributed by atoms with Crippen LogP contribution in [0.2, 0.25) is 0 Å². The maximum absolute atomic E-state index is 6.32. The van der Waals surface area contributed by atoms with Crippen LogP contribution in [-0.2, 0) is 17.3 Å². The standard InChI is InChI=1S/C16H18Cl4/c1-4-10-7-11(13(2)8-15(13,17)18)5-6-12(10)14(3)9-16(14,19)20/h5-7H,4,8-9H2,1-3H3. The maximum Gasteiger partial charge on any atom is 0.128 e. The van der Waals surface area contributed by atoms with E-state index in [-0.39, 0.29) is 10.8 Å². The first kappa shape index (κ1) is 15.3. The fourth-order valence-corrected chi connectivity index (χ4v) is 4.66. The third-order valence-electron chi connectivity index (χ3n) is 5.23. The highest BCUT2D eigenvalue weighted by atomic mass is 35.5. The highest BCUT2D eigenvalue weighted by Gasteiger charge is 2.65. The summed E-state index contributed by atoms with van der Waals surface area (Å²) in [7, 11) is 0. The van der Waals surface area contributed by atoms with Gasteiger partial charge in [0.1, 0.15) is 8.67 Å². The molecule has 0 amide bonds. The van der Waals surface area contributed by atoms with Crippen molar-refractivity contribution in [2.75, 3.05) is 0 Å².